The Kier molecular flexibility index (Phi) is 5.16. The number of hydrogen-bond donors (Lipinski definition) is 0. The van der Waals surface area contributed by atoms with Gasteiger partial charge in [0.25, 0.3) is 0 Å². The summed E-state index contributed by atoms with van der Waals surface area (Å²) in [5.41, 5.74) is 0.656. The minimum Gasteiger partial charge on any atom is -0.494 e. The molecule has 0 radical (unpaired) electrons. The lowest BCUT2D eigenvalue weighted by molar-refractivity contribution is -0.138. The minimum atomic E-state index is -0.276. The lowest BCUT2D eigenvalue weighted by Gasteiger charge is -2.31. The molecule has 0 spiro atoms. The second kappa shape index (κ2) is 7.30. The van der Waals surface area contributed by atoms with Crippen molar-refractivity contribution in [2.75, 3.05) is 33.3 Å². The van der Waals surface area contributed by atoms with Crippen LogP contribution >= 0.6 is 0 Å². The van der Waals surface area contributed by atoms with Gasteiger partial charge in [0.05, 0.1) is 7.11 Å². The summed E-state index contributed by atoms with van der Waals surface area (Å²) in [6.45, 7) is 3.84. The summed E-state index contributed by atoms with van der Waals surface area (Å²) in [6.07, 6.45) is 4.23. The highest BCUT2D eigenvalue weighted by Gasteiger charge is 2.30. The fourth-order valence-corrected chi connectivity index (χ4v) is 3.34. The van der Waals surface area contributed by atoms with E-state index in [0.717, 1.165) is 45.4 Å². The third-order valence-corrected chi connectivity index (χ3v) is 5.01. The normalized spacial score (nSPS) is 20.0. The number of carbonyl (C=O) groups is 1. The Hall–Kier alpha value is -1.62. The molecule has 0 bridgehead atoms. The second-order valence-corrected chi connectivity index (χ2v) is 6.52. The van der Waals surface area contributed by atoms with Crippen molar-refractivity contribution in [1.29, 1.82) is 0 Å². The number of hydrogen-bond acceptors (Lipinski definition) is 3. The molecule has 2 aliphatic rings. The molecule has 126 valence electrons. The molecule has 3 rings (SSSR count). The maximum atomic E-state index is 14.3. The van der Waals surface area contributed by atoms with Crippen LogP contribution < -0.4 is 4.74 Å². The van der Waals surface area contributed by atoms with Gasteiger partial charge in [0.1, 0.15) is 0 Å². The first-order chi connectivity index (χ1) is 11.2. The van der Waals surface area contributed by atoms with Crippen molar-refractivity contribution in [1.82, 2.24) is 9.80 Å². The van der Waals surface area contributed by atoms with Crippen molar-refractivity contribution < 1.29 is 13.9 Å². The van der Waals surface area contributed by atoms with Crippen molar-refractivity contribution in [2.45, 2.75) is 32.2 Å². The van der Waals surface area contributed by atoms with Crippen LogP contribution in [0.25, 0.3) is 0 Å². The Balaban J connectivity index is 1.59. The molecule has 1 aliphatic carbocycles. The first kappa shape index (κ1) is 16.2. The summed E-state index contributed by atoms with van der Waals surface area (Å²) in [5.74, 6) is 0.601. The largest absolute Gasteiger partial charge is 0.494 e. The van der Waals surface area contributed by atoms with Gasteiger partial charge >= 0.3 is 0 Å². The van der Waals surface area contributed by atoms with E-state index >= 15 is 0 Å². The molecular formula is C18H25FN2O2. The average Bonchev–Trinajstić information content (AvgIpc) is 2.73. The monoisotopic (exact) mass is 320 g/mol. The molecule has 0 aromatic heterocycles. The molecular weight excluding hydrogens is 295 g/mol. The summed E-state index contributed by atoms with van der Waals surface area (Å²) in [4.78, 5) is 16.6. The molecule has 1 amide bonds. The van der Waals surface area contributed by atoms with Gasteiger partial charge < -0.3 is 9.64 Å². The molecule has 1 aliphatic heterocycles. The van der Waals surface area contributed by atoms with E-state index < -0.39 is 0 Å². The Bertz CT molecular complexity index is 560. The van der Waals surface area contributed by atoms with Crippen LogP contribution in [0.1, 0.15) is 31.2 Å². The SMILES string of the molecule is COc1cccc(CN2CCCN(C(=O)C3CCC3)CC2)c1F. The van der Waals surface area contributed by atoms with Crippen LogP contribution in [0.15, 0.2) is 18.2 Å². The lowest BCUT2D eigenvalue weighted by atomic mass is 9.84. The van der Waals surface area contributed by atoms with Crippen LogP contribution in [-0.4, -0.2) is 49.0 Å². The molecule has 0 N–H and O–H groups in total. The molecule has 1 saturated heterocycles. The first-order valence-electron chi connectivity index (χ1n) is 8.51. The van der Waals surface area contributed by atoms with E-state index in [2.05, 4.69) is 4.90 Å². The number of carbonyl (C=O) groups excluding carboxylic acids is 1. The molecule has 1 aromatic rings. The van der Waals surface area contributed by atoms with Crippen molar-refractivity contribution in [3.8, 4) is 5.75 Å². The number of rotatable bonds is 4. The maximum Gasteiger partial charge on any atom is 0.225 e. The number of halogens is 1. The number of amides is 1. The third kappa shape index (κ3) is 3.66. The first-order valence-corrected chi connectivity index (χ1v) is 8.51. The highest BCUT2D eigenvalue weighted by molar-refractivity contribution is 5.79. The molecule has 0 atom stereocenters. The van der Waals surface area contributed by atoms with E-state index in [-0.39, 0.29) is 11.7 Å². The number of nitrogens with zero attached hydrogens (tertiary/aromatic N) is 2. The summed E-state index contributed by atoms with van der Waals surface area (Å²) in [5, 5.41) is 0. The number of benzene rings is 1. The number of ether oxygens (including phenoxy) is 1. The molecule has 5 heteroatoms. The van der Waals surface area contributed by atoms with Crippen molar-refractivity contribution >= 4 is 5.91 Å². The van der Waals surface area contributed by atoms with Gasteiger partial charge in [-0.15, -0.1) is 0 Å². The highest BCUT2D eigenvalue weighted by atomic mass is 19.1. The summed E-state index contributed by atoms with van der Waals surface area (Å²) >= 11 is 0. The molecule has 1 heterocycles. The fourth-order valence-electron chi connectivity index (χ4n) is 3.34. The van der Waals surface area contributed by atoms with Gasteiger partial charge in [0.15, 0.2) is 11.6 Å². The van der Waals surface area contributed by atoms with E-state index in [0.29, 0.717) is 23.8 Å². The van der Waals surface area contributed by atoms with Crippen LogP contribution in [0.4, 0.5) is 4.39 Å². The third-order valence-electron chi connectivity index (χ3n) is 5.01. The number of methoxy groups -OCH3 is 1. The predicted molar refractivity (Wildman–Crippen MR) is 86.8 cm³/mol. The summed E-state index contributed by atoms with van der Waals surface area (Å²) < 4.78 is 19.3. The van der Waals surface area contributed by atoms with Gasteiger partial charge in [-0.3, -0.25) is 9.69 Å². The fraction of sp³-hybridized carbons (Fsp3) is 0.611. The van der Waals surface area contributed by atoms with E-state index in [4.69, 9.17) is 4.74 Å². The Morgan fingerprint density at radius 1 is 1.22 bits per heavy atom. The zero-order valence-electron chi connectivity index (χ0n) is 13.8. The van der Waals surface area contributed by atoms with Crippen LogP contribution in [0.3, 0.4) is 0 Å². The Morgan fingerprint density at radius 2 is 2.04 bits per heavy atom. The van der Waals surface area contributed by atoms with Crippen LogP contribution in [0, 0.1) is 11.7 Å². The van der Waals surface area contributed by atoms with E-state index in [1.54, 1.807) is 12.1 Å². The molecule has 2 fully saturated rings. The van der Waals surface area contributed by atoms with Crippen LogP contribution in [-0.2, 0) is 11.3 Å². The highest BCUT2D eigenvalue weighted by Crippen LogP contribution is 2.28. The van der Waals surface area contributed by atoms with Gasteiger partial charge in [-0.2, -0.15) is 0 Å². The summed E-state index contributed by atoms with van der Waals surface area (Å²) in [6, 6.07) is 5.27. The van der Waals surface area contributed by atoms with Gasteiger partial charge in [-0.05, 0) is 25.3 Å². The minimum absolute atomic E-state index is 0.261. The Morgan fingerprint density at radius 3 is 2.74 bits per heavy atom. The van der Waals surface area contributed by atoms with E-state index in [1.165, 1.54) is 13.5 Å². The second-order valence-electron chi connectivity index (χ2n) is 6.52. The van der Waals surface area contributed by atoms with E-state index in [1.807, 2.05) is 11.0 Å². The molecule has 4 nitrogen and oxygen atoms in total. The van der Waals surface area contributed by atoms with E-state index in [9.17, 15) is 9.18 Å². The Labute approximate surface area is 137 Å². The standard InChI is InChI=1S/C18H25FN2O2/c1-23-16-8-3-7-15(17(16)19)13-20-9-4-10-21(12-11-20)18(22)14-5-2-6-14/h3,7-8,14H,2,4-6,9-13H2,1H3. The van der Waals surface area contributed by atoms with Gasteiger partial charge in [0, 0.05) is 44.2 Å². The summed E-state index contributed by atoms with van der Waals surface area (Å²) in [7, 11) is 1.48. The van der Waals surface area contributed by atoms with Gasteiger partial charge in [0.2, 0.25) is 5.91 Å². The van der Waals surface area contributed by atoms with Crippen LogP contribution in [0.2, 0.25) is 0 Å². The smallest absolute Gasteiger partial charge is 0.225 e. The maximum absolute atomic E-state index is 14.3. The zero-order valence-corrected chi connectivity index (χ0v) is 13.8. The molecule has 23 heavy (non-hydrogen) atoms. The quantitative estimate of drug-likeness (QED) is 0.855. The molecule has 1 saturated carbocycles. The van der Waals surface area contributed by atoms with Crippen molar-refractivity contribution in [3.63, 3.8) is 0 Å². The predicted octanol–water partition coefficient (Wildman–Crippen LogP) is 2.67. The topological polar surface area (TPSA) is 32.8 Å². The van der Waals surface area contributed by atoms with Crippen LogP contribution in [0.5, 0.6) is 5.75 Å². The van der Waals surface area contributed by atoms with Crippen molar-refractivity contribution in [2.24, 2.45) is 5.92 Å². The lowest BCUT2D eigenvalue weighted by Crippen LogP contribution is -2.41. The molecule has 0 unspecified atom stereocenters. The molecule has 1 aromatic carbocycles. The van der Waals surface area contributed by atoms with Gasteiger partial charge in [-0.1, -0.05) is 18.6 Å². The zero-order chi connectivity index (χ0) is 16.2. The average molecular weight is 320 g/mol. The van der Waals surface area contributed by atoms with Crippen molar-refractivity contribution in [3.05, 3.63) is 29.6 Å². The van der Waals surface area contributed by atoms with Gasteiger partial charge in [-0.25, -0.2) is 4.39 Å².